The van der Waals surface area contributed by atoms with Crippen LogP contribution in [0.1, 0.15) is 61.1 Å². The Balaban J connectivity index is 1.20. The first kappa shape index (κ1) is 23.0. The molecular formula is C25H36N4O3. The molecule has 2 aliphatic heterocycles. The SMILES string of the molecule is CC(C)(C)c1ccc(CN2CCN(Cc3nc(C(=O)NCC4CCCO4)co3)CC2)cc1. The average molecular weight is 441 g/mol. The van der Waals surface area contributed by atoms with Gasteiger partial charge in [0.05, 0.1) is 12.6 Å². The number of ether oxygens (including phenoxy) is 1. The van der Waals surface area contributed by atoms with Gasteiger partial charge >= 0.3 is 0 Å². The van der Waals surface area contributed by atoms with Crippen LogP contribution in [0.4, 0.5) is 0 Å². The predicted octanol–water partition coefficient (Wildman–Crippen LogP) is 3.20. The van der Waals surface area contributed by atoms with Gasteiger partial charge < -0.3 is 14.5 Å². The number of benzene rings is 1. The minimum Gasteiger partial charge on any atom is -0.447 e. The first-order valence-corrected chi connectivity index (χ1v) is 11.8. The molecule has 2 aliphatic rings. The molecule has 7 heteroatoms. The van der Waals surface area contributed by atoms with Gasteiger partial charge in [0.15, 0.2) is 5.69 Å². The van der Waals surface area contributed by atoms with Crippen molar-refractivity contribution in [3.8, 4) is 0 Å². The Morgan fingerprint density at radius 1 is 1.09 bits per heavy atom. The lowest BCUT2D eigenvalue weighted by Gasteiger charge is -2.34. The molecule has 1 amide bonds. The molecule has 1 aromatic carbocycles. The number of nitrogens with one attached hydrogen (secondary N) is 1. The van der Waals surface area contributed by atoms with Crippen molar-refractivity contribution in [2.75, 3.05) is 39.3 Å². The lowest BCUT2D eigenvalue weighted by atomic mass is 9.87. The van der Waals surface area contributed by atoms with Crippen molar-refractivity contribution in [2.24, 2.45) is 0 Å². The maximum atomic E-state index is 12.3. The predicted molar refractivity (Wildman–Crippen MR) is 124 cm³/mol. The summed E-state index contributed by atoms with van der Waals surface area (Å²) in [7, 11) is 0. The van der Waals surface area contributed by atoms with Crippen molar-refractivity contribution in [3.63, 3.8) is 0 Å². The molecule has 1 N–H and O–H groups in total. The van der Waals surface area contributed by atoms with Gasteiger partial charge in [0.1, 0.15) is 6.26 Å². The van der Waals surface area contributed by atoms with Gasteiger partial charge in [-0.15, -0.1) is 0 Å². The van der Waals surface area contributed by atoms with E-state index in [1.807, 2.05) is 0 Å². The van der Waals surface area contributed by atoms with Gasteiger partial charge in [-0.1, -0.05) is 45.0 Å². The van der Waals surface area contributed by atoms with Crippen LogP contribution in [0.5, 0.6) is 0 Å². The minimum atomic E-state index is -0.196. The van der Waals surface area contributed by atoms with Gasteiger partial charge in [-0.05, 0) is 29.4 Å². The van der Waals surface area contributed by atoms with E-state index in [2.05, 4.69) is 65.1 Å². The number of nitrogens with zero attached hydrogens (tertiary/aromatic N) is 3. The highest BCUT2D eigenvalue weighted by Crippen LogP contribution is 2.22. The fourth-order valence-electron chi connectivity index (χ4n) is 4.26. The Bertz CT molecular complexity index is 873. The van der Waals surface area contributed by atoms with Crippen LogP contribution >= 0.6 is 0 Å². The molecule has 0 saturated carbocycles. The highest BCUT2D eigenvalue weighted by atomic mass is 16.5. The third-order valence-corrected chi connectivity index (χ3v) is 6.35. The Hall–Kier alpha value is -2.22. The van der Waals surface area contributed by atoms with E-state index in [1.54, 1.807) is 0 Å². The summed E-state index contributed by atoms with van der Waals surface area (Å²) in [4.78, 5) is 21.5. The molecule has 0 radical (unpaired) electrons. The zero-order valence-corrected chi connectivity index (χ0v) is 19.6. The second-order valence-corrected chi connectivity index (χ2v) is 9.97. The first-order valence-electron chi connectivity index (χ1n) is 11.8. The van der Waals surface area contributed by atoms with Crippen molar-refractivity contribution in [1.29, 1.82) is 0 Å². The van der Waals surface area contributed by atoms with Crippen molar-refractivity contribution >= 4 is 5.91 Å². The zero-order valence-electron chi connectivity index (χ0n) is 19.6. The van der Waals surface area contributed by atoms with Crippen LogP contribution in [0.3, 0.4) is 0 Å². The van der Waals surface area contributed by atoms with Gasteiger partial charge in [-0.3, -0.25) is 14.6 Å². The molecule has 1 atom stereocenters. The van der Waals surface area contributed by atoms with E-state index in [9.17, 15) is 4.79 Å². The smallest absolute Gasteiger partial charge is 0.273 e. The fourth-order valence-corrected chi connectivity index (χ4v) is 4.26. The summed E-state index contributed by atoms with van der Waals surface area (Å²) in [5, 5.41) is 2.89. The summed E-state index contributed by atoms with van der Waals surface area (Å²) >= 11 is 0. The maximum Gasteiger partial charge on any atom is 0.273 e. The molecule has 2 fully saturated rings. The first-order chi connectivity index (χ1) is 15.4. The van der Waals surface area contributed by atoms with E-state index in [0.29, 0.717) is 24.7 Å². The molecule has 1 aromatic heterocycles. The average Bonchev–Trinajstić information content (AvgIpc) is 3.45. The van der Waals surface area contributed by atoms with Crippen LogP contribution in [-0.2, 0) is 23.2 Å². The molecule has 1 unspecified atom stereocenters. The summed E-state index contributed by atoms with van der Waals surface area (Å²) in [6.45, 7) is 13.6. The van der Waals surface area contributed by atoms with Crippen molar-refractivity contribution in [1.82, 2.24) is 20.1 Å². The quantitative estimate of drug-likeness (QED) is 0.713. The number of carbonyl (C=O) groups is 1. The highest BCUT2D eigenvalue weighted by Gasteiger charge is 2.21. The lowest BCUT2D eigenvalue weighted by Crippen LogP contribution is -2.45. The molecule has 7 nitrogen and oxygen atoms in total. The third-order valence-electron chi connectivity index (χ3n) is 6.35. The van der Waals surface area contributed by atoms with Gasteiger partial charge in [0.25, 0.3) is 5.91 Å². The van der Waals surface area contributed by atoms with Crippen LogP contribution in [-0.4, -0.2) is 66.1 Å². The zero-order chi connectivity index (χ0) is 22.6. The number of hydrogen-bond acceptors (Lipinski definition) is 6. The van der Waals surface area contributed by atoms with E-state index >= 15 is 0 Å². The summed E-state index contributed by atoms with van der Waals surface area (Å²) in [6, 6.07) is 9.02. The van der Waals surface area contributed by atoms with E-state index in [0.717, 1.165) is 52.2 Å². The van der Waals surface area contributed by atoms with E-state index in [-0.39, 0.29) is 17.4 Å². The van der Waals surface area contributed by atoms with Crippen molar-refractivity contribution < 1.29 is 13.9 Å². The monoisotopic (exact) mass is 440 g/mol. The topological polar surface area (TPSA) is 70.8 Å². The molecule has 2 aromatic rings. The number of rotatable bonds is 7. The molecule has 4 rings (SSSR count). The van der Waals surface area contributed by atoms with Gasteiger partial charge in [0.2, 0.25) is 5.89 Å². The summed E-state index contributed by atoms with van der Waals surface area (Å²) < 4.78 is 11.1. The van der Waals surface area contributed by atoms with E-state index in [4.69, 9.17) is 9.15 Å². The number of oxazole rings is 1. The van der Waals surface area contributed by atoms with Crippen LogP contribution in [0.25, 0.3) is 0 Å². The van der Waals surface area contributed by atoms with Crippen LogP contribution in [0, 0.1) is 0 Å². The second kappa shape index (κ2) is 10.1. The van der Waals surface area contributed by atoms with E-state index in [1.165, 1.54) is 17.4 Å². The largest absolute Gasteiger partial charge is 0.447 e. The van der Waals surface area contributed by atoms with Gasteiger partial charge in [0, 0.05) is 45.9 Å². The Morgan fingerprint density at radius 3 is 2.41 bits per heavy atom. The third kappa shape index (κ3) is 6.18. The number of aromatic nitrogens is 1. The van der Waals surface area contributed by atoms with Gasteiger partial charge in [-0.2, -0.15) is 0 Å². The van der Waals surface area contributed by atoms with Crippen LogP contribution in [0.2, 0.25) is 0 Å². The van der Waals surface area contributed by atoms with Gasteiger partial charge in [-0.25, -0.2) is 4.98 Å². The standard InChI is InChI=1S/C25H36N4O3/c1-25(2,3)20-8-6-19(7-9-20)16-28-10-12-29(13-11-28)17-23-27-22(18-32-23)24(30)26-15-21-5-4-14-31-21/h6-9,18,21H,4-5,10-17H2,1-3H3,(H,26,30). The molecule has 174 valence electrons. The normalized spacial score (nSPS) is 20.5. The summed E-state index contributed by atoms with van der Waals surface area (Å²) in [6.07, 6.45) is 3.64. The lowest BCUT2D eigenvalue weighted by molar-refractivity contribution is 0.0853. The Morgan fingerprint density at radius 2 is 1.78 bits per heavy atom. The molecular weight excluding hydrogens is 404 g/mol. The highest BCUT2D eigenvalue weighted by molar-refractivity contribution is 5.91. The summed E-state index contributed by atoms with van der Waals surface area (Å²) in [5.74, 6) is 0.399. The molecule has 0 bridgehead atoms. The Kier molecular flexibility index (Phi) is 7.28. The molecule has 0 aliphatic carbocycles. The van der Waals surface area contributed by atoms with Crippen LogP contribution in [0.15, 0.2) is 34.9 Å². The maximum absolute atomic E-state index is 12.3. The number of piperazine rings is 1. The van der Waals surface area contributed by atoms with E-state index < -0.39 is 0 Å². The van der Waals surface area contributed by atoms with Crippen molar-refractivity contribution in [2.45, 2.75) is 58.2 Å². The minimum absolute atomic E-state index is 0.123. The number of amides is 1. The summed E-state index contributed by atoms with van der Waals surface area (Å²) in [5.41, 5.74) is 3.26. The molecule has 0 spiro atoms. The molecule has 32 heavy (non-hydrogen) atoms. The fraction of sp³-hybridized carbons (Fsp3) is 0.600. The van der Waals surface area contributed by atoms with Crippen molar-refractivity contribution in [3.05, 3.63) is 53.2 Å². The molecule has 3 heterocycles. The number of carbonyl (C=O) groups excluding carboxylic acids is 1. The second-order valence-electron chi connectivity index (χ2n) is 9.97. The van der Waals surface area contributed by atoms with Crippen LogP contribution < -0.4 is 5.32 Å². The molecule has 2 saturated heterocycles. The number of hydrogen-bond donors (Lipinski definition) is 1. The Labute approximate surface area is 191 Å².